The molecule has 0 rings (SSSR count). The van der Waals surface area contributed by atoms with Gasteiger partial charge in [-0.05, 0) is 6.42 Å². The van der Waals surface area contributed by atoms with Gasteiger partial charge < -0.3 is 5.11 Å². The maximum atomic E-state index is 8.29. The molecule has 0 bridgehead atoms. The molecule has 102 valence electrons. The van der Waals surface area contributed by atoms with Crippen LogP contribution in [0.5, 0.6) is 0 Å². The van der Waals surface area contributed by atoms with Gasteiger partial charge in [-0.2, -0.15) is 0 Å². The maximum absolute atomic E-state index is 8.29. The summed E-state index contributed by atoms with van der Waals surface area (Å²) < 4.78 is 0. The molecule has 0 aliphatic rings. The van der Waals surface area contributed by atoms with E-state index in [1.807, 2.05) is 0 Å². The minimum absolute atomic E-state index is 0. The van der Waals surface area contributed by atoms with Gasteiger partial charge in [-0.3, -0.25) is 0 Å². The van der Waals surface area contributed by atoms with Crippen LogP contribution < -0.4 is 0 Å². The fraction of sp³-hybridized carbons (Fsp3) is 1.00. The van der Waals surface area contributed by atoms with Gasteiger partial charge in [0.1, 0.15) is 0 Å². The van der Waals surface area contributed by atoms with Crippen LogP contribution >= 0.6 is 0 Å². The van der Waals surface area contributed by atoms with Gasteiger partial charge in [-0.1, -0.05) is 77.9 Å². The third-order valence-electron chi connectivity index (χ3n) is 2.90. The summed E-state index contributed by atoms with van der Waals surface area (Å²) in [4.78, 5) is 0. The second kappa shape index (κ2) is 22.2. The topological polar surface area (TPSA) is 20.2 Å². The zero-order valence-corrected chi connectivity index (χ0v) is 15.4. The number of unbranched alkanes of at least 4 members (excludes halogenated alkanes) is 4. The van der Waals surface area contributed by atoms with E-state index in [1.165, 1.54) is 44.2 Å². The van der Waals surface area contributed by atoms with Crippen LogP contribution in [-0.2, 0) is 25.8 Å². The van der Waals surface area contributed by atoms with Crippen LogP contribution in [0.15, 0.2) is 0 Å². The first-order valence-corrected chi connectivity index (χ1v) is 9.33. The first kappa shape index (κ1) is 23.2. The number of hydrogen-bond donors (Lipinski definition) is 1. The van der Waals surface area contributed by atoms with Crippen molar-refractivity contribution in [3.05, 3.63) is 0 Å². The molecule has 0 aromatic carbocycles. The van der Waals surface area contributed by atoms with E-state index in [9.17, 15) is 0 Å². The summed E-state index contributed by atoms with van der Waals surface area (Å²) in [5.74, 6) is 0. The van der Waals surface area contributed by atoms with Crippen molar-refractivity contribution in [2.45, 2.75) is 84.4 Å². The normalized spacial score (nSPS) is 9.53. The number of rotatable bonds is 9. The van der Waals surface area contributed by atoms with Crippen LogP contribution in [0.1, 0.15) is 66.2 Å². The summed E-state index contributed by atoms with van der Waals surface area (Å²) in [6.45, 7) is 9.49. The third kappa shape index (κ3) is 22.7. The van der Waals surface area contributed by atoms with Gasteiger partial charge in [0.2, 0.25) is 0 Å². The smallest absolute Gasteiger partial charge is 0.0473 e. The van der Waals surface area contributed by atoms with Gasteiger partial charge >= 0.3 is 0 Å². The largest absolute Gasteiger partial charge is 0.396 e. The Morgan fingerprint density at radius 1 is 0.765 bits per heavy atom. The van der Waals surface area contributed by atoms with Gasteiger partial charge in [0.25, 0.3) is 0 Å². The molecular formula is C14H33OScSi. The quantitative estimate of drug-likeness (QED) is 0.474. The molecule has 3 heteroatoms. The van der Waals surface area contributed by atoms with Gasteiger partial charge in [0, 0.05) is 41.2 Å². The Balaban J connectivity index is -0.000000224. The Bertz CT molecular complexity index is 104. The zero-order chi connectivity index (χ0) is 12.6. The molecule has 0 spiro atoms. The second-order valence-electron chi connectivity index (χ2n) is 4.34. The molecule has 0 atom stereocenters. The fourth-order valence-corrected chi connectivity index (χ4v) is 3.63. The molecule has 0 saturated carbocycles. The van der Waals surface area contributed by atoms with Crippen LogP contribution in [0.4, 0.5) is 0 Å². The van der Waals surface area contributed by atoms with E-state index < -0.39 is 0 Å². The van der Waals surface area contributed by atoms with Crippen LogP contribution in [0, 0.1) is 0 Å². The Kier molecular flexibility index (Phi) is 30.3. The standard InChI is InChI=1S/C8H19Si.C6H14O.Sc/c1-4-7-8-9(5-2)6-3;1-2-3-4-5-6-7;/h4-8H2,1-3H3;7H,2-6H2,1H3;. The van der Waals surface area contributed by atoms with E-state index in [-0.39, 0.29) is 34.6 Å². The predicted octanol–water partition coefficient (Wildman–Crippen LogP) is 4.88. The summed E-state index contributed by atoms with van der Waals surface area (Å²) in [6, 6.07) is 4.50. The molecule has 0 aliphatic carbocycles. The molecule has 0 aliphatic heterocycles. The van der Waals surface area contributed by atoms with Gasteiger partial charge in [0.05, 0.1) is 0 Å². The number of hydrogen-bond acceptors (Lipinski definition) is 1. The van der Waals surface area contributed by atoms with E-state index in [2.05, 4.69) is 27.7 Å². The number of aliphatic hydroxyl groups excluding tert-OH is 1. The Hall–Kier alpha value is 1.05. The summed E-state index contributed by atoms with van der Waals surface area (Å²) in [7, 11) is 0.114. The van der Waals surface area contributed by atoms with Crippen LogP contribution in [0.3, 0.4) is 0 Å². The predicted molar refractivity (Wildman–Crippen MR) is 77.7 cm³/mol. The third-order valence-corrected chi connectivity index (χ3v) is 5.96. The molecule has 1 nitrogen and oxygen atoms in total. The van der Waals surface area contributed by atoms with Crippen LogP contribution in [-0.4, -0.2) is 20.5 Å². The van der Waals surface area contributed by atoms with Crippen molar-refractivity contribution in [3.63, 3.8) is 0 Å². The number of aliphatic hydroxyl groups is 1. The van der Waals surface area contributed by atoms with Crippen molar-refractivity contribution in [2.75, 3.05) is 6.61 Å². The molecule has 2 radical (unpaired) electrons. The van der Waals surface area contributed by atoms with Crippen molar-refractivity contribution in [1.29, 1.82) is 0 Å². The van der Waals surface area contributed by atoms with E-state index in [0.29, 0.717) is 6.61 Å². The minimum atomic E-state index is 0. The second-order valence-corrected chi connectivity index (χ2v) is 7.76. The van der Waals surface area contributed by atoms with Crippen molar-refractivity contribution >= 4 is 8.80 Å². The average molecular weight is 290 g/mol. The molecule has 0 aromatic rings. The average Bonchev–Trinajstić information content (AvgIpc) is 2.32. The summed E-state index contributed by atoms with van der Waals surface area (Å²) in [5, 5.41) is 8.29. The molecule has 0 heterocycles. The minimum Gasteiger partial charge on any atom is -0.396 e. The van der Waals surface area contributed by atoms with Gasteiger partial charge in [-0.15, -0.1) is 0 Å². The molecule has 0 unspecified atom stereocenters. The Labute approximate surface area is 130 Å². The van der Waals surface area contributed by atoms with E-state index in [1.54, 1.807) is 6.04 Å². The zero-order valence-electron chi connectivity index (χ0n) is 12.6. The maximum Gasteiger partial charge on any atom is 0.0473 e. The molecule has 0 saturated heterocycles. The first-order chi connectivity index (χ1) is 7.76. The molecule has 0 fully saturated rings. The Morgan fingerprint density at radius 2 is 1.29 bits per heavy atom. The van der Waals surface area contributed by atoms with Gasteiger partial charge in [-0.25, -0.2) is 0 Å². The van der Waals surface area contributed by atoms with Crippen molar-refractivity contribution in [2.24, 2.45) is 0 Å². The first-order valence-electron chi connectivity index (χ1n) is 7.21. The van der Waals surface area contributed by atoms with Crippen molar-refractivity contribution < 1.29 is 30.9 Å². The van der Waals surface area contributed by atoms with Crippen molar-refractivity contribution in [1.82, 2.24) is 0 Å². The fourth-order valence-electron chi connectivity index (χ4n) is 1.57. The molecule has 1 N–H and O–H groups in total. The summed E-state index contributed by atoms with van der Waals surface area (Å²) in [6.07, 6.45) is 7.53. The van der Waals surface area contributed by atoms with E-state index in [4.69, 9.17) is 5.11 Å². The summed E-state index contributed by atoms with van der Waals surface area (Å²) in [5.41, 5.74) is 0. The van der Waals surface area contributed by atoms with Crippen molar-refractivity contribution in [3.8, 4) is 0 Å². The van der Waals surface area contributed by atoms with Crippen LogP contribution in [0.2, 0.25) is 18.1 Å². The summed E-state index contributed by atoms with van der Waals surface area (Å²) >= 11 is 0. The van der Waals surface area contributed by atoms with E-state index >= 15 is 0 Å². The Morgan fingerprint density at radius 3 is 1.65 bits per heavy atom. The molecule has 0 amide bonds. The molecule has 0 aromatic heterocycles. The SMILES string of the molecule is CCCCCCO.CCCC[Si](CC)CC.[Sc]. The van der Waals surface area contributed by atoms with Crippen LogP contribution in [0.25, 0.3) is 0 Å². The monoisotopic (exact) mass is 290 g/mol. The molecule has 17 heavy (non-hydrogen) atoms. The van der Waals surface area contributed by atoms with E-state index in [0.717, 1.165) is 6.42 Å². The molecular weight excluding hydrogens is 257 g/mol. The van der Waals surface area contributed by atoms with Gasteiger partial charge in [0.15, 0.2) is 0 Å².